The number of nitrogens with one attached hydrogen (secondary N) is 2. The molecule has 2 aromatic carbocycles. The number of hydrogen-bond acceptors (Lipinski definition) is 5. The molecule has 0 heterocycles. The minimum Gasteiger partial charge on any atom is -0.490 e. The molecule has 27 heavy (non-hydrogen) atoms. The number of amides is 1. The first-order valence-corrected chi connectivity index (χ1v) is 8.71. The predicted molar refractivity (Wildman–Crippen MR) is 106 cm³/mol. The first kappa shape index (κ1) is 19.9. The van der Waals surface area contributed by atoms with Crippen molar-refractivity contribution in [3.05, 3.63) is 59.8 Å². The molecule has 0 saturated carbocycles. The molecule has 2 aromatic rings. The van der Waals surface area contributed by atoms with Gasteiger partial charge in [0.25, 0.3) is 5.91 Å². The molecule has 6 nitrogen and oxygen atoms in total. The van der Waals surface area contributed by atoms with Crippen LogP contribution in [0.3, 0.4) is 0 Å². The molecule has 0 aliphatic rings. The second-order valence-corrected chi connectivity index (χ2v) is 5.67. The summed E-state index contributed by atoms with van der Waals surface area (Å²) in [5.74, 6) is 0.763. The summed E-state index contributed by atoms with van der Waals surface area (Å²) in [7, 11) is 0. The highest BCUT2D eigenvalue weighted by atomic mass is 16.5. The summed E-state index contributed by atoms with van der Waals surface area (Å²) in [6.07, 6.45) is 1.37. The fourth-order valence-corrected chi connectivity index (χ4v) is 2.37. The van der Waals surface area contributed by atoms with E-state index >= 15 is 0 Å². The van der Waals surface area contributed by atoms with Crippen LogP contribution in [0.25, 0.3) is 0 Å². The Morgan fingerprint density at radius 2 is 1.81 bits per heavy atom. The van der Waals surface area contributed by atoms with E-state index in [4.69, 9.17) is 9.47 Å². The van der Waals surface area contributed by atoms with Crippen molar-refractivity contribution in [3.63, 3.8) is 0 Å². The highest BCUT2D eigenvalue weighted by molar-refractivity contribution is 6.06. The van der Waals surface area contributed by atoms with E-state index in [-0.39, 0.29) is 5.57 Å². The van der Waals surface area contributed by atoms with Crippen LogP contribution in [0, 0.1) is 18.3 Å². The molecule has 0 fully saturated rings. The Bertz CT molecular complexity index is 869. The lowest BCUT2D eigenvalue weighted by atomic mass is 10.2. The highest BCUT2D eigenvalue weighted by Crippen LogP contribution is 2.30. The molecule has 0 spiro atoms. The fourth-order valence-electron chi connectivity index (χ4n) is 2.37. The van der Waals surface area contributed by atoms with E-state index in [1.165, 1.54) is 6.20 Å². The van der Waals surface area contributed by atoms with Gasteiger partial charge in [-0.15, -0.1) is 0 Å². The molecule has 140 valence electrons. The number of rotatable bonds is 8. The second-order valence-electron chi connectivity index (χ2n) is 5.67. The Hall–Kier alpha value is -3.46. The predicted octanol–water partition coefficient (Wildman–Crippen LogP) is 4.25. The highest BCUT2D eigenvalue weighted by Gasteiger charge is 2.10. The number of nitriles is 1. The van der Waals surface area contributed by atoms with E-state index < -0.39 is 5.91 Å². The average molecular weight is 365 g/mol. The van der Waals surface area contributed by atoms with Crippen molar-refractivity contribution < 1.29 is 14.3 Å². The van der Waals surface area contributed by atoms with Crippen LogP contribution in [0.2, 0.25) is 0 Å². The summed E-state index contributed by atoms with van der Waals surface area (Å²) in [5.41, 5.74) is 2.30. The molecule has 0 radical (unpaired) electrons. The van der Waals surface area contributed by atoms with Gasteiger partial charge >= 0.3 is 0 Å². The number of hydrogen-bond donors (Lipinski definition) is 2. The zero-order valence-electron chi connectivity index (χ0n) is 15.7. The topological polar surface area (TPSA) is 83.4 Å². The maximum atomic E-state index is 12.3. The molecule has 0 aliphatic heterocycles. The molecule has 0 saturated heterocycles. The lowest BCUT2D eigenvalue weighted by molar-refractivity contribution is -0.112. The molecular formula is C21H23N3O3. The van der Waals surface area contributed by atoms with Crippen molar-refractivity contribution in [2.45, 2.75) is 20.8 Å². The van der Waals surface area contributed by atoms with Gasteiger partial charge in [-0.2, -0.15) is 5.26 Å². The Labute approximate surface area is 159 Å². The molecule has 0 aromatic heterocycles. The summed E-state index contributed by atoms with van der Waals surface area (Å²) < 4.78 is 11.1. The van der Waals surface area contributed by atoms with E-state index in [1.54, 1.807) is 24.3 Å². The van der Waals surface area contributed by atoms with E-state index in [0.29, 0.717) is 36.1 Å². The number of benzene rings is 2. The Morgan fingerprint density at radius 3 is 2.48 bits per heavy atom. The third-order valence-corrected chi connectivity index (χ3v) is 3.57. The van der Waals surface area contributed by atoms with Gasteiger partial charge < -0.3 is 20.1 Å². The Kier molecular flexibility index (Phi) is 7.26. The normalized spacial score (nSPS) is 10.7. The van der Waals surface area contributed by atoms with Gasteiger partial charge in [-0.25, -0.2) is 0 Å². The van der Waals surface area contributed by atoms with Gasteiger partial charge in [-0.3, -0.25) is 4.79 Å². The standard InChI is InChI=1S/C21H23N3O3/c1-4-26-19-10-9-17(12-20(19)27-5-2)23-14-16(13-22)21(25)24-18-8-6-7-15(3)11-18/h6-12,14,23H,4-5H2,1-3H3,(H,24,25)/b16-14-. The summed E-state index contributed by atoms with van der Waals surface area (Å²) in [5, 5.41) is 15.0. The third kappa shape index (κ3) is 5.79. The number of anilines is 2. The number of ether oxygens (including phenoxy) is 2. The summed E-state index contributed by atoms with van der Waals surface area (Å²) >= 11 is 0. The third-order valence-electron chi connectivity index (χ3n) is 3.57. The van der Waals surface area contributed by atoms with Crippen LogP contribution < -0.4 is 20.1 Å². The smallest absolute Gasteiger partial charge is 0.267 e. The number of aryl methyl sites for hydroxylation is 1. The summed E-state index contributed by atoms with van der Waals surface area (Å²) in [6.45, 7) is 6.75. The Morgan fingerprint density at radius 1 is 1.07 bits per heavy atom. The minimum atomic E-state index is -0.480. The second kappa shape index (κ2) is 9.88. The van der Waals surface area contributed by atoms with Gasteiger partial charge in [0.15, 0.2) is 11.5 Å². The quantitative estimate of drug-likeness (QED) is 0.540. The number of carbonyl (C=O) groups is 1. The number of nitrogens with zero attached hydrogens (tertiary/aromatic N) is 1. The van der Waals surface area contributed by atoms with E-state index in [0.717, 1.165) is 5.56 Å². The van der Waals surface area contributed by atoms with Crippen LogP contribution in [0.1, 0.15) is 19.4 Å². The van der Waals surface area contributed by atoms with Crippen LogP contribution in [-0.2, 0) is 4.79 Å². The lowest BCUT2D eigenvalue weighted by Gasteiger charge is -2.12. The van der Waals surface area contributed by atoms with Crippen LogP contribution in [-0.4, -0.2) is 19.1 Å². The molecule has 0 atom stereocenters. The molecule has 0 unspecified atom stereocenters. The van der Waals surface area contributed by atoms with Gasteiger partial charge in [0.2, 0.25) is 0 Å². The van der Waals surface area contributed by atoms with Crippen molar-refractivity contribution in [2.75, 3.05) is 23.8 Å². The molecule has 6 heteroatoms. The van der Waals surface area contributed by atoms with Crippen LogP contribution in [0.5, 0.6) is 11.5 Å². The van der Waals surface area contributed by atoms with Crippen molar-refractivity contribution in [1.29, 1.82) is 5.26 Å². The van der Waals surface area contributed by atoms with Gasteiger partial charge in [-0.05, 0) is 50.6 Å². The minimum absolute atomic E-state index is 0.0386. The fraction of sp³-hybridized carbons (Fsp3) is 0.238. The maximum absolute atomic E-state index is 12.3. The summed E-state index contributed by atoms with van der Waals surface area (Å²) in [6, 6.07) is 14.6. The maximum Gasteiger partial charge on any atom is 0.267 e. The van der Waals surface area contributed by atoms with Crippen LogP contribution in [0.15, 0.2) is 54.2 Å². The van der Waals surface area contributed by atoms with Crippen LogP contribution >= 0.6 is 0 Å². The average Bonchev–Trinajstić information content (AvgIpc) is 2.64. The van der Waals surface area contributed by atoms with Gasteiger partial charge in [0.1, 0.15) is 11.6 Å². The van der Waals surface area contributed by atoms with Crippen molar-refractivity contribution in [2.24, 2.45) is 0 Å². The molecule has 1 amide bonds. The monoisotopic (exact) mass is 365 g/mol. The van der Waals surface area contributed by atoms with Crippen molar-refractivity contribution in [1.82, 2.24) is 0 Å². The van der Waals surface area contributed by atoms with E-state index in [2.05, 4.69) is 10.6 Å². The number of carbonyl (C=O) groups excluding carboxylic acids is 1. The van der Waals surface area contributed by atoms with E-state index in [1.807, 2.05) is 45.0 Å². The molecule has 0 bridgehead atoms. The first-order chi connectivity index (χ1) is 13.1. The molecule has 0 aliphatic carbocycles. The molecular weight excluding hydrogens is 342 g/mol. The zero-order valence-corrected chi connectivity index (χ0v) is 15.7. The largest absolute Gasteiger partial charge is 0.490 e. The SMILES string of the molecule is CCOc1ccc(N/C=C(/C#N)C(=O)Nc2cccc(C)c2)cc1OCC. The Balaban J connectivity index is 2.12. The molecule has 2 rings (SSSR count). The van der Waals surface area contributed by atoms with Crippen molar-refractivity contribution >= 4 is 17.3 Å². The van der Waals surface area contributed by atoms with Crippen LogP contribution in [0.4, 0.5) is 11.4 Å². The van der Waals surface area contributed by atoms with Gasteiger partial charge in [0, 0.05) is 23.6 Å². The zero-order chi connectivity index (χ0) is 19.6. The lowest BCUT2D eigenvalue weighted by Crippen LogP contribution is -2.14. The van der Waals surface area contributed by atoms with Crippen molar-refractivity contribution in [3.8, 4) is 17.6 Å². The van der Waals surface area contributed by atoms with Gasteiger partial charge in [-0.1, -0.05) is 12.1 Å². The van der Waals surface area contributed by atoms with Gasteiger partial charge in [0.05, 0.1) is 13.2 Å². The summed E-state index contributed by atoms with van der Waals surface area (Å²) in [4.78, 5) is 12.3. The van der Waals surface area contributed by atoms with E-state index in [9.17, 15) is 10.1 Å². The first-order valence-electron chi connectivity index (χ1n) is 8.71. The molecule has 2 N–H and O–H groups in total.